The van der Waals surface area contributed by atoms with Crippen molar-refractivity contribution in [2.75, 3.05) is 20.4 Å². The van der Waals surface area contributed by atoms with Crippen LogP contribution in [0, 0.1) is 0 Å². The summed E-state index contributed by atoms with van der Waals surface area (Å²) in [5.41, 5.74) is 5.74. The lowest BCUT2D eigenvalue weighted by Gasteiger charge is -2.35. The van der Waals surface area contributed by atoms with Crippen LogP contribution in [0.15, 0.2) is 63.5 Å². The number of methoxy groups -OCH3 is 1. The summed E-state index contributed by atoms with van der Waals surface area (Å²) in [6.07, 6.45) is -8.02. The van der Waals surface area contributed by atoms with Gasteiger partial charge in [-0.3, -0.25) is 4.99 Å². The zero-order chi connectivity index (χ0) is 27.9. The Hall–Kier alpha value is -3.36. The molecule has 6 atom stereocenters. The number of aliphatic hydroxyl groups excluding tert-OH is 3. The zero-order valence-corrected chi connectivity index (χ0v) is 20.9. The lowest BCUT2D eigenvalue weighted by molar-refractivity contribution is -0.137. The first-order chi connectivity index (χ1) is 18.6. The average molecular weight is 548 g/mol. The molecule has 10 nitrogen and oxygen atoms in total. The third-order valence-electron chi connectivity index (χ3n) is 7.21. The second kappa shape index (κ2) is 10.3. The first-order valence-electron chi connectivity index (χ1n) is 12.2. The van der Waals surface area contributed by atoms with Gasteiger partial charge in [-0.05, 0) is 17.7 Å². The Morgan fingerprint density at radius 3 is 2.64 bits per heavy atom. The summed E-state index contributed by atoms with van der Waals surface area (Å²) in [6.45, 7) is -0.519. The summed E-state index contributed by atoms with van der Waals surface area (Å²) < 4.78 is 52.0. The number of amidine groups is 1. The number of hydrogen-bond donors (Lipinski definition) is 4. The summed E-state index contributed by atoms with van der Waals surface area (Å²) in [5.74, 6) is 0.0412. The summed E-state index contributed by atoms with van der Waals surface area (Å²) >= 11 is 0. The summed E-state index contributed by atoms with van der Waals surface area (Å²) in [5, 5.41) is 30.2. The molecule has 0 amide bonds. The molecule has 1 fully saturated rings. The number of rotatable bonds is 7. The maximum atomic E-state index is 13.6. The molecule has 0 aliphatic carbocycles. The Balaban J connectivity index is 1.50. The Morgan fingerprint density at radius 2 is 1.95 bits per heavy atom. The predicted molar refractivity (Wildman–Crippen MR) is 136 cm³/mol. The molecule has 5 N–H and O–H groups in total. The van der Waals surface area contributed by atoms with Gasteiger partial charge in [0, 0.05) is 17.9 Å². The van der Waals surface area contributed by atoms with E-state index in [2.05, 4.69) is 15.0 Å². The molecule has 0 spiro atoms. The van der Waals surface area contributed by atoms with E-state index in [-0.39, 0.29) is 24.6 Å². The van der Waals surface area contributed by atoms with E-state index >= 15 is 0 Å². The second-order valence-electron chi connectivity index (χ2n) is 9.59. The maximum Gasteiger partial charge on any atom is 0.416 e. The van der Waals surface area contributed by atoms with Crippen LogP contribution in [-0.4, -0.2) is 88.7 Å². The van der Waals surface area contributed by atoms with Crippen LogP contribution >= 0.6 is 0 Å². The lowest BCUT2D eigenvalue weighted by Crippen LogP contribution is -2.56. The van der Waals surface area contributed by atoms with Crippen LogP contribution in [0.5, 0.6) is 5.75 Å². The number of halogens is 3. The molecule has 0 saturated carbocycles. The summed E-state index contributed by atoms with van der Waals surface area (Å²) in [7, 11) is 1.48. The second-order valence-corrected chi connectivity index (χ2v) is 9.59. The SMILES string of the molecule is COc1ccccc1C(CC1(N)N=CN=C2C1=NCN2[C@@H]1O[C@H](CO)[C@@H](O)[C@H]1O)c1cccc(C(F)(F)F)c1. The van der Waals surface area contributed by atoms with Crippen molar-refractivity contribution >= 4 is 17.9 Å². The number of benzene rings is 2. The standard InChI is InChI=1S/C26H28F3N5O5/c1-38-18-8-3-2-7-16(18)17(14-5-4-6-15(9-14)26(27,28)29)10-25(30)22-23(31-12-33-25)34(13-32-22)24-21(37)20(36)19(11-35)39-24/h2-9,12,17,19-21,24,35-37H,10-11,13,30H2,1H3/t17?,19-,20-,21-,24-,25?/m1/s1. The molecule has 0 radical (unpaired) electrons. The van der Waals surface area contributed by atoms with Crippen LogP contribution in [-0.2, 0) is 10.9 Å². The van der Waals surface area contributed by atoms with Gasteiger partial charge in [-0.1, -0.05) is 36.4 Å². The highest BCUT2D eigenvalue weighted by atomic mass is 19.4. The molecule has 2 unspecified atom stereocenters. The van der Waals surface area contributed by atoms with Crippen molar-refractivity contribution in [1.29, 1.82) is 0 Å². The molecular formula is C26H28F3N5O5. The number of alkyl halides is 3. The molecule has 0 bridgehead atoms. The molecule has 3 aliphatic heterocycles. The van der Waals surface area contributed by atoms with Crippen molar-refractivity contribution in [3.63, 3.8) is 0 Å². The molecule has 208 valence electrons. The van der Waals surface area contributed by atoms with Crippen LogP contribution in [0.4, 0.5) is 13.2 Å². The third kappa shape index (κ3) is 4.92. The molecule has 3 heterocycles. The van der Waals surface area contributed by atoms with E-state index < -0.39 is 54.5 Å². The molecule has 2 aromatic carbocycles. The first-order valence-corrected chi connectivity index (χ1v) is 12.2. The van der Waals surface area contributed by atoms with Gasteiger partial charge in [-0.15, -0.1) is 0 Å². The third-order valence-corrected chi connectivity index (χ3v) is 7.21. The van der Waals surface area contributed by atoms with E-state index in [9.17, 15) is 28.5 Å². The van der Waals surface area contributed by atoms with Crippen molar-refractivity contribution in [2.24, 2.45) is 20.7 Å². The number of aliphatic imine (C=N–C) groups is 3. The molecule has 39 heavy (non-hydrogen) atoms. The topological polar surface area (TPSA) is 145 Å². The minimum absolute atomic E-state index is 0.00679. The van der Waals surface area contributed by atoms with Gasteiger partial charge in [0.05, 0.1) is 19.3 Å². The highest BCUT2D eigenvalue weighted by Crippen LogP contribution is 2.41. The first kappa shape index (κ1) is 27.2. The minimum Gasteiger partial charge on any atom is -0.496 e. The van der Waals surface area contributed by atoms with E-state index in [1.54, 1.807) is 30.3 Å². The van der Waals surface area contributed by atoms with Crippen molar-refractivity contribution in [1.82, 2.24) is 4.90 Å². The summed E-state index contributed by atoms with van der Waals surface area (Å²) in [6, 6.07) is 12.0. The van der Waals surface area contributed by atoms with Gasteiger partial charge in [0.1, 0.15) is 42.8 Å². The van der Waals surface area contributed by atoms with Crippen LogP contribution in [0.25, 0.3) is 0 Å². The monoisotopic (exact) mass is 547 g/mol. The van der Waals surface area contributed by atoms with Crippen LogP contribution in [0.2, 0.25) is 0 Å². The van der Waals surface area contributed by atoms with E-state index in [1.807, 2.05) is 0 Å². The number of nitrogens with two attached hydrogens (primary N) is 1. The highest BCUT2D eigenvalue weighted by molar-refractivity contribution is 6.47. The Labute approximate surface area is 221 Å². The molecule has 13 heteroatoms. The predicted octanol–water partition coefficient (Wildman–Crippen LogP) is 1.48. The van der Waals surface area contributed by atoms with E-state index in [4.69, 9.17) is 15.2 Å². The number of ether oxygens (including phenoxy) is 2. The van der Waals surface area contributed by atoms with Crippen LogP contribution in [0.3, 0.4) is 0 Å². The Bertz CT molecular complexity index is 1320. The van der Waals surface area contributed by atoms with Crippen molar-refractivity contribution in [3.05, 3.63) is 65.2 Å². The molecule has 0 aromatic heterocycles. The van der Waals surface area contributed by atoms with Gasteiger partial charge >= 0.3 is 6.18 Å². The Morgan fingerprint density at radius 1 is 1.18 bits per heavy atom. The number of fused-ring (bicyclic) bond motifs is 1. The average Bonchev–Trinajstić information content (AvgIpc) is 3.48. The largest absolute Gasteiger partial charge is 0.496 e. The number of nitrogens with zero attached hydrogens (tertiary/aromatic N) is 4. The van der Waals surface area contributed by atoms with Gasteiger partial charge in [0.25, 0.3) is 0 Å². The van der Waals surface area contributed by atoms with Gasteiger partial charge < -0.3 is 35.4 Å². The fourth-order valence-corrected chi connectivity index (χ4v) is 5.23. The van der Waals surface area contributed by atoms with Gasteiger partial charge in [0.15, 0.2) is 17.7 Å². The van der Waals surface area contributed by atoms with Crippen molar-refractivity contribution < 1.29 is 38.0 Å². The fourth-order valence-electron chi connectivity index (χ4n) is 5.23. The molecule has 1 saturated heterocycles. The smallest absolute Gasteiger partial charge is 0.416 e. The lowest BCUT2D eigenvalue weighted by atomic mass is 9.81. The number of aliphatic hydroxyl groups is 3. The molecule has 5 rings (SSSR count). The quantitative estimate of drug-likeness (QED) is 0.411. The van der Waals surface area contributed by atoms with E-state index in [1.165, 1.54) is 24.4 Å². The van der Waals surface area contributed by atoms with Crippen LogP contribution < -0.4 is 10.5 Å². The van der Waals surface area contributed by atoms with Crippen molar-refractivity contribution in [2.45, 2.75) is 48.7 Å². The van der Waals surface area contributed by atoms with E-state index in [0.29, 0.717) is 16.9 Å². The minimum atomic E-state index is -4.54. The Kier molecular flexibility index (Phi) is 7.20. The number of para-hydroxylation sites is 1. The summed E-state index contributed by atoms with van der Waals surface area (Å²) in [4.78, 5) is 14.7. The highest BCUT2D eigenvalue weighted by Gasteiger charge is 2.51. The molecule has 2 aromatic rings. The normalized spacial score (nSPS) is 29.2. The van der Waals surface area contributed by atoms with Crippen molar-refractivity contribution in [3.8, 4) is 5.75 Å². The van der Waals surface area contributed by atoms with Gasteiger partial charge in [0.2, 0.25) is 0 Å². The van der Waals surface area contributed by atoms with Gasteiger partial charge in [-0.25, -0.2) is 9.98 Å². The van der Waals surface area contributed by atoms with E-state index in [0.717, 1.165) is 12.1 Å². The van der Waals surface area contributed by atoms with Crippen LogP contribution in [0.1, 0.15) is 29.0 Å². The molecule has 3 aliphatic rings. The number of hydrogen-bond acceptors (Lipinski definition) is 10. The maximum absolute atomic E-state index is 13.6. The van der Waals surface area contributed by atoms with Gasteiger partial charge in [-0.2, -0.15) is 13.2 Å². The molecular weight excluding hydrogens is 519 g/mol. The fraction of sp³-hybridized carbons (Fsp3) is 0.423. The zero-order valence-electron chi connectivity index (χ0n) is 20.9.